The predicted molar refractivity (Wildman–Crippen MR) is 36.8 cm³/mol. The molecule has 3 nitrogen and oxygen atoms in total. The summed E-state index contributed by atoms with van der Waals surface area (Å²) in [6.45, 7) is 0. The fraction of sp³-hybridized carbons (Fsp3) is 0. The Kier molecular flexibility index (Phi) is 1.11. The van der Waals surface area contributed by atoms with Gasteiger partial charge in [-0.15, -0.1) is 0 Å². The van der Waals surface area contributed by atoms with Gasteiger partial charge in [-0.2, -0.15) is 0 Å². The van der Waals surface area contributed by atoms with Crippen molar-refractivity contribution in [2.75, 3.05) is 0 Å². The second-order valence-corrected chi connectivity index (χ2v) is 2.19. The minimum Gasteiger partial charge on any atom is -0.445 e. The van der Waals surface area contributed by atoms with E-state index in [4.69, 9.17) is 16.0 Å². The maximum absolute atomic E-state index is 5.56. The van der Waals surface area contributed by atoms with E-state index >= 15 is 0 Å². The normalized spacial score (nSPS) is 10.5. The second kappa shape index (κ2) is 1.95. The minimum atomic E-state index is 0.383. The van der Waals surface area contributed by atoms with E-state index in [0.717, 1.165) is 0 Å². The standard InChI is InChI=1S/C6H3ClN2O/c7-5-3-8-6-4(9-5)1-2-10-6/h1-3H. The highest BCUT2D eigenvalue weighted by Crippen LogP contribution is 2.11. The van der Waals surface area contributed by atoms with Gasteiger partial charge in [-0.3, -0.25) is 0 Å². The van der Waals surface area contributed by atoms with Gasteiger partial charge in [-0.05, 0) is 0 Å². The highest BCUT2D eigenvalue weighted by Gasteiger charge is 1.98. The van der Waals surface area contributed by atoms with Crippen LogP contribution in [0.1, 0.15) is 0 Å². The lowest BCUT2D eigenvalue weighted by Gasteiger charge is -1.85. The van der Waals surface area contributed by atoms with Crippen LogP contribution in [0.25, 0.3) is 11.2 Å². The molecule has 0 saturated heterocycles. The van der Waals surface area contributed by atoms with Crippen molar-refractivity contribution < 1.29 is 4.42 Å². The summed E-state index contributed by atoms with van der Waals surface area (Å²) in [5, 5.41) is 0.383. The van der Waals surface area contributed by atoms with E-state index in [1.165, 1.54) is 12.5 Å². The van der Waals surface area contributed by atoms with Crippen LogP contribution in [-0.4, -0.2) is 9.97 Å². The van der Waals surface area contributed by atoms with Crippen molar-refractivity contribution in [1.29, 1.82) is 0 Å². The molecule has 0 saturated carbocycles. The summed E-state index contributed by atoms with van der Waals surface area (Å²) < 4.78 is 4.94. The van der Waals surface area contributed by atoms with Crippen LogP contribution in [0, 0.1) is 0 Å². The number of fused-ring (bicyclic) bond motifs is 1. The van der Waals surface area contributed by atoms with E-state index in [9.17, 15) is 0 Å². The molecule has 0 spiro atoms. The molecular weight excluding hydrogens is 152 g/mol. The summed E-state index contributed by atoms with van der Waals surface area (Å²) in [6, 6.07) is 1.72. The highest BCUT2D eigenvalue weighted by molar-refractivity contribution is 6.29. The molecule has 0 aromatic carbocycles. The van der Waals surface area contributed by atoms with Gasteiger partial charge in [0.15, 0.2) is 0 Å². The van der Waals surface area contributed by atoms with Crippen molar-refractivity contribution in [3.63, 3.8) is 0 Å². The Hall–Kier alpha value is -1.09. The molecule has 4 heteroatoms. The van der Waals surface area contributed by atoms with Gasteiger partial charge < -0.3 is 4.42 Å². The Balaban J connectivity index is 2.86. The maximum atomic E-state index is 5.56. The first kappa shape index (κ1) is 5.68. The summed E-state index contributed by atoms with van der Waals surface area (Å²) in [6.07, 6.45) is 2.98. The zero-order valence-electron chi connectivity index (χ0n) is 4.91. The van der Waals surface area contributed by atoms with Crippen LogP contribution in [0.4, 0.5) is 0 Å². The van der Waals surface area contributed by atoms with Gasteiger partial charge in [-0.1, -0.05) is 11.6 Å². The summed E-state index contributed by atoms with van der Waals surface area (Å²) >= 11 is 5.56. The molecule has 0 radical (unpaired) electrons. The molecule has 50 valence electrons. The molecule has 0 aliphatic rings. The first-order chi connectivity index (χ1) is 4.86. The van der Waals surface area contributed by atoms with E-state index in [1.54, 1.807) is 6.07 Å². The van der Waals surface area contributed by atoms with Gasteiger partial charge in [0, 0.05) is 6.07 Å². The smallest absolute Gasteiger partial charge is 0.245 e. The quantitative estimate of drug-likeness (QED) is 0.582. The van der Waals surface area contributed by atoms with Gasteiger partial charge in [0.05, 0.1) is 12.5 Å². The molecule has 0 bridgehead atoms. The van der Waals surface area contributed by atoms with E-state index in [-0.39, 0.29) is 0 Å². The molecule has 2 aromatic rings. The number of hydrogen-bond donors (Lipinski definition) is 0. The molecular formula is C6H3ClN2O. The van der Waals surface area contributed by atoms with Crippen LogP contribution in [0.15, 0.2) is 22.9 Å². The van der Waals surface area contributed by atoms with Crippen molar-refractivity contribution in [1.82, 2.24) is 9.97 Å². The molecule has 0 amide bonds. The zero-order valence-corrected chi connectivity index (χ0v) is 5.67. The van der Waals surface area contributed by atoms with Crippen LogP contribution in [0.2, 0.25) is 5.15 Å². The number of halogens is 1. The van der Waals surface area contributed by atoms with Crippen molar-refractivity contribution in [3.05, 3.63) is 23.7 Å². The van der Waals surface area contributed by atoms with Crippen LogP contribution < -0.4 is 0 Å². The number of hydrogen-bond acceptors (Lipinski definition) is 3. The third-order valence-electron chi connectivity index (χ3n) is 1.14. The first-order valence-electron chi connectivity index (χ1n) is 2.72. The fourth-order valence-electron chi connectivity index (χ4n) is 0.732. The van der Waals surface area contributed by atoms with Crippen molar-refractivity contribution in [2.24, 2.45) is 0 Å². The minimum absolute atomic E-state index is 0.383. The summed E-state index contributed by atoms with van der Waals surface area (Å²) in [5.41, 5.74) is 1.21. The topological polar surface area (TPSA) is 38.9 Å². The van der Waals surface area contributed by atoms with Crippen molar-refractivity contribution in [2.45, 2.75) is 0 Å². The summed E-state index contributed by atoms with van der Waals surface area (Å²) in [7, 11) is 0. The highest BCUT2D eigenvalue weighted by atomic mass is 35.5. The SMILES string of the molecule is Clc1cnc2occc2n1. The average Bonchev–Trinajstić information content (AvgIpc) is 2.33. The Morgan fingerprint density at radius 1 is 1.50 bits per heavy atom. The van der Waals surface area contributed by atoms with Crippen molar-refractivity contribution >= 4 is 22.8 Å². The van der Waals surface area contributed by atoms with E-state index < -0.39 is 0 Å². The third kappa shape index (κ3) is 0.752. The second-order valence-electron chi connectivity index (χ2n) is 1.80. The van der Waals surface area contributed by atoms with Gasteiger partial charge in [0.2, 0.25) is 5.71 Å². The van der Waals surface area contributed by atoms with Gasteiger partial charge in [0.25, 0.3) is 0 Å². The van der Waals surface area contributed by atoms with E-state index in [1.807, 2.05) is 0 Å². The number of nitrogens with zero attached hydrogens (tertiary/aromatic N) is 2. The van der Waals surface area contributed by atoms with Gasteiger partial charge in [0.1, 0.15) is 10.7 Å². The third-order valence-corrected chi connectivity index (χ3v) is 1.32. The average molecular weight is 155 g/mol. The van der Waals surface area contributed by atoms with Gasteiger partial charge >= 0.3 is 0 Å². The molecule has 10 heavy (non-hydrogen) atoms. The fourth-order valence-corrected chi connectivity index (χ4v) is 0.872. The number of furan rings is 1. The number of rotatable bonds is 0. The summed E-state index contributed by atoms with van der Waals surface area (Å²) in [5.74, 6) is 0. The van der Waals surface area contributed by atoms with Crippen LogP contribution in [0.3, 0.4) is 0 Å². The Morgan fingerprint density at radius 2 is 2.40 bits per heavy atom. The molecule has 2 heterocycles. The Morgan fingerprint density at radius 3 is 3.30 bits per heavy atom. The lowest BCUT2D eigenvalue weighted by Crippen LogP contribution is -1.77. The van der Waals surface area contributed by atoms with Crippen LogP contribution in [-0.2, 0) is 0 Å². The van der Waals surface area contributed by atoms with Crippen LogP contribution in [0.5, 0.6) is 0 Å². The molecule has 0 aliphatic heterocycles. The molecule has 0 unspecified atom stereocenters. The Labute approximate surface area is 61.6 Å². The van der Waals surface area contributed by atoms with Crippen LogP contribution >= 0.6 is 11.6 Å². The molecule has 2 aromatic heterocycles. The predicted octanol–water partition coefficient (Wildman–Crippen LogP) is 1.88. The van der Waals surface area contributed by atoms with Crippen molar-refractivity contribution in [3.8, 4) is 0 Å². The lowest BCUT2D eigenvalue weighted by atomic mass is 10.5. The largest absolute Gasteiger partial charge is 0.445 e. The monoisotopic (exact) mass is 154 g/mol. The lowest BCUT2D eigenvalue weighted by molar-refractivity contribution is 0.602. The molecule has 0 N–H and O–H groups in total. The molecule has 0 atom stereocenters. The molecule has 0 fully saturated rings. The summed E-state index contributed by atoms with van der Waals surface area (Å²) in [4.78, 5) is 7.82. The first-order valence-corrected chi connectivity index (χ1v) is 3.10. The molecule has 0 aliphatic carbocycles. The van der Waals surface area contributed by atoms with E-state index in [0.29, 0.717) is 16.4 Å². The zero-order chi connectivity index (χ0) is 6.97. The maximum Gasteiger partial charge on any atom is 0.245 e. The Bertz CT molecular complexity index is 357. The number of aromatic nitrogens is 2. The molecule has 2 rings (SSSR count). The van der Waals surface area contributed by atoms with Gasteiger partial charge in [-0.25, -0.2) is 9.97 Å². The van der Waals surface area contributed by atoms with E-state index in [2.05, 4.69) is 9.97 Å².